The Bertz CT molecular complexity index is 297. The molecule has 90 valence electrons. The molecule has 0 aromatic carbocycles. The summed E-state index contributed by atoms with van der Waals surface area (Å²) in [5.41, 5.74) is 0. The lowest BCUT2D eigenvalue weighted by Gasteiger charge is -2.26. The monoisotopic (exact) mass is 247 g/mol. The molecule has 0 aromatic rings. The van der Waals surface area contributed by atoms with Gasteiger partial charge in [-0.15, -0.1) is 0 Å². The van der Waals surface area contributed by atoms with Crippen molar-refractivity contribution < 1.29 is 21.6 Å². The molecule has 1 aliphatic heterocycles. The molecule has 2 N–H and O–H groups in total. The maximum absolute atomic E-state index is 11.8. The second-order valence-electron chi connectivity index (χ2n) is 3.09. The van der Waals surface area contributed by atoms with Gasteiger partial charge in [0, 0.05) is 26.2 Å². The minimum atomic E-state index is -4.53. The quantitative estimate of drug-likeness (QED) is 0.692. The zero-order chi connectivity index (χ0) is 11.5. The summed E-state index contributed by atoms with van der Waals surface area (Å²) in [4.78, 5) is 0. The van der Waals surface area contributed by atoms with Gasteiger partial charge in [0.05, 0.1) is 0 Å². The third-order valence-electron chi connectivity index (χ3n) is 1.87. The second kappa shape index (κ2) is 4.64. The molecule has 1 saturated heterocycles. The van der Waals surface area contributed by atoms with E-state index in [2.05, 4.69) is 5.32 Å². The van der Waals surface area contributed by atoms with E-state index in [0.29, 0.717) is 13.1 Å². The molecule has 0 amide bonds. The maximum Gasteiger partial charge on any atom is 0.402 e. The van der Waals surface area contributed by atoms with Crippen LogP contribution in [0.5, 0.6) is 0 Å². The Morgan fingerprint density at radius 2 is 1.80 bits per heavy atom. The molecule has 0 aliphatic carbocycles. The summed E-state index contributed by atoms with van der Waals surface area (Å²) >= 11 is 0. The molecule has 1 heterocycles. The molecule has 5 nitrogen and oxygen atoms in total. The minimum absolute atomic E-state index is 0.188. The first kappa shape index (κ1) is 12.7. The van der Waals surface area contributed by atoms with Crippen molar-refractivity contribution in [3.05, 3.63) is 0 Å². The van der Waals surface area contributed by atoms with E-state index in [1.807, 2.05) is 0 Å². The summed E-state index contributed by atoms with van der Waals surface area (Å²) in [5, 5.41) is 2.90. The molecule has 0 atom stereocenters. The molecule has 0 radical (unpaired) electrons. The third-order valence-corrected chi connectivity index (χ3v) is 3.43. The number of alkyl halides is 3. The van der Waals surface area contributed by atoms with Gasteiger partial charge in [-0.3, -0.25) is 0 Å². The van der Waals surface area contributed by atoms with Gasteiger partial charge in [0.25, 0.3) is 10.2 Å². The van der Waals surface area contributed by atoms with Gasteiger partial charge in [0.2, 0.25) is 0 Å². The number of hydrogen-bond donors (Lipinski definition) is 2. The van der Waals surface area contributed by atoms with Crippen LogP contribution in [0.1, 0.15) is 0 Å². The summed E-state index contributed by atoms with van der Waals surface area (Å²) in [5.74, 6) is 0. The van der Waals surface area contributed by atoms with Crippen LogP contribution in [-0.2, 0) is 10.2 Å². The smallest absolute Gasteiger partial charge is 0.314 e. The second-order valence-corrected chi connectivity index (χ2v) is 4.85. The lowest BCUT2D eigenvalue weighted by atomic mass is 10.4. The van der Waals surface area contributed by atoms with Crippen LogP contribution in [-0.4, -0.2) is 51.6 Å². The number of halogens is 3. The van der Waals surface area contributed by atoms with E-state index in [1.165, 1.54) is 4.72 Å². The van der Waals surface area contributed by atoms with Crippen molar-refractivity contribution in [2.45, 2.75) is 6.18 Å². The summed E-state index contributed by atoms with van der Waals surface area (Å²) in [6.07, 6.45) is -4.53. The molecular weight excluding hydrogens is 235 g/mol. The Hall–Kier alpha value is -0.380. The minimum Gasteiger partial charge on any atom is -0.314 e. The number of piperazine rings is 1. The molecular formula is C6H12F3N3O2S. The van der Waals surface area contributed by atoms with Crippen LogP contribution < -0.4 is 10.0 Å². The van der Waals surface area contributed by atoms with Gasteiger partial charge >= 0.3 is 6.18 Å². The average Bonchev–Trinajstić information content (AvgIpc) is 2.16. The van der Waals surface area contributed by atoms with Gasteiger partial charge in [-0.1, -0.05) is 0 Å². The predicted molar refractivity (Wildman–Crippen MR) is 47.4 cm³/mol. The fourth-order valence-corrected chi connectivity index (χ4v) is 2.34. The van der Waals surface area contributed by atoms with Crippen LogP contribution in [0.4, 0.5) is 13.2 Å². The normalized spacial score (nSPS) is 20.5. The molecule has 1 aliphatic rings. The highest BCUT2D eigenvalue weighted by Crippen LogP contribution is 2.13. The van der Waals surface area contributed by atoms with Gasteiger partial charge < -0.3 is 5.32 Å². The summed E-state index contributed by atoms with van der Waals surface area (Å²) in [6, 6.07) is 0. The van der Waals surface area contributed by atoms with Crippen molar-refractivity contribution in [3.8, 4) is 0 Å². The van der Waals surface area contributed by atoms with Crippen molar-refractivity contribution >= 4 is 10.2 Å². The van der Waals surface area contributed by atoms with Crippen molar-refractivity contribution in [2.75, 3.05) is 32.7 Å². The average molecular weight is 247 g/mol. The lowest BCUT2D eigenvalue weighted by Crippen LogP contribution is -2.51. The molecule has 9 heteroatoms. The van der Waals surface area contributed by atoms with E-state index in [1.54, 1.807) is 0 Å². The maximum atomic E-state index is 11.8. The summed E-state index contributed by atoms with van der Waals surface area (Å²) in [6.45, 7) is -0.250. The topological polar surface area (TPSA) is 61.4 Å². The number of hydrogen-bond acceptors (Lipinski definition) is 3. The van der Waals surface area contributed by atoms with Crippen molar-refractivity contribution in [1.29, 1.82) is 0 Å². The molecule has 1 fully saturated rings. The molecule has 1 rings (SSSR count). The van der Waals surface area contributed by atoms with E-state index in [0.717, 1.165) is 4.31 Å². The van der Waals surface area contributed by atoms with Crippen molar-refractivity contribution in [2.24, 2.45) is 0 Å². The van der Waals surface area contributed by atoms with Crippen molar-refractivity contribution in [3.63, 3.8) is 0 Å². The van der Waals surface area contributed by atoms with E-state index in [4.69, 9.17) is 0 Å². The van der Waals surface area contributed by atoms with Gasteiger partial charge in [-0.2, -0.15) is 30.6 Å². The zero-order valence-corrected chi connectivity index (χ0v) is 8.66. The molecule has 0 unspecified atom stereocenters. The fraction of sp³-hybridized carbons (Fsp3) is 1.00. The van der Waals surface area contributed by atoms with E-state index in [9.17, 15) is 21.6 Å². The Balaban J connectivity index is 2.51. The highest BCUT2D eigenvalue weighted by atomic mass is 32.2. The SMILES string of the molecule is O=S(=O)(NCC(F)(F)F)N1CCNCC1. The fourth-order valence-electron chi connectivity index (χ4n) is 1.15. The predicted octanol–water partition coefficient (Wildman–Crippen LogP) is -0.712. The van der Waals surface area contributed by atoms with E-state index >= 15 is 0 Å². The van der Waals surface area contributed by atoms with Crippen LogP contribution in [0.25, 0.3) is 0 Å². The van der Waals surface area contributed by atoms with Crippen LogP contribution in [0.2, 0.25) is 0 Å². The Morgan fingerprint density at radius 3 is 2.27 bits per heavy atom. The summed E-state index contributed by atoms with van der Waals surface area (Å²) in [7, 11) is -3.99. The molecule has 0 bridgehead atoms. The lowest BCUT2D eigenvalue weighted by molar-refractivity contribution is -0.121. The van der Waals surface area contributed by atoms with Crippen molar-refractivity contribution in [1.82, 2.24) is 14.3 Å². The van der Waals surface area contributed by atoms with Gasteiger partial charge in [-0.05, 0) is 0 Å². The zero-order valence-electron chi connectivity index (χ0n) is 7.84. The Kier molecular flexibility index (Phi) is 3.93. The molecule has 0 aromatic heterocycles. The molecule has 0 spiro atoms. The van der Waals surface area contributed by atoms with Gasteiger partial charge in [-0.25, -0.2) is 0 Å². The number of rotatable bonds is 3. The molecule has 0 saturated carbocycles. The standard InChI is InChI=1S/C6H12F3N3O2S/c7-6(8,9)5-11-15(13,14)12-3-1-10-2-4-12/h10-11H,1-5H2. The Morgan fingerprint density at radius 1 is 1.27 bits per heavy atom. The van der Waals surface area contributed by atoms with E-state index < -0.39 is 22.9 Å². The molecule has 15 heavy (non-hydrogen) atoms. The van der Waals surface area contributed by atoms with Crippen LogP contribution in [0.3, 0.4) is 0 Å². The number of nitrogens with one attached hydrogen (secondary N) is 2. The van der Waals surface area contributed by atoms with Gasteiger partial charge in [0.15, 0.2) is 0 Å². The van der Waals surface area contributed by atoms with E-state index in [-0.39, 0.29) is 13.1 Å². The highest BCUT2D eigenvalue weighted by molar-refractivity contribution is 7.87. The largest absolute Gasteiger partial charge is 0.402 e. The first-order chi connectivity index (χ1) is 6.81. The number of nitrogens with zero attached hydrogens (tertiary/aromatic N) is 1. The van der Waals surface area contributed by atoms with Gasteiger partial charge in [0.1, 0.15) is 6.54 Å². The van der Waals surface area contributed by atoms with Crippen LogP contribution >= 0.6 is 0 Å². The van der Waals surface area contributed by atoms with Crippen LogP contribution in [0.15, 0.2) is 0 Å². The highest BCUT2D eigenvalue weighted by Gasteiger charge is 2.32. The first-order valence-electron chi connectivity index (χ1n) is 4.33. The Labute approximate surface area is 85.8 Å². The third kappa shape index (κ3) is 4.33. The first-order valence-corrected chi connectivity index (χ1v) is 5.77. The summed E-state index contributed by atoms with van der Waals surface area (Å²) < 4.78 is 60.5. The van der Waals surface area contributed by atoms with Crippen LogP contribution in [0, 0.1) is 0 Å².